The van der Waals surface area contributed by atoms with E-state index in [1.165, 1.54) is 0 Å². The molecule has 4 N–H and O–H groups in total. The molecule has 0 saturated heterocycles. The normalized spacial score (nSPS) is 10.3. The Labute approximate surface area is 187 Å². The molecule has 8 heteroatoms. The van der Waals surface area contributed by atoms with Gasteiger partial charge in [0.05, 0.1) is 0 Å². The van der Waals surface area contributed by atoms with Gasteiger partial charge in [-0.1, -0.05) is 12.8 Å². The monoisotopic (exact) mass is 446 g/mol. The first kappa shape index (κ1) is 24.0. The van der Waals surface area contributed by atoms with E-state index < -0.39 is 0 Å². The van der Waals surface area contributed by atoms with Crippen molar-refractivity contribution < 1.29 is 9.59 Å². The van der Waals surface area contributed by atoms with Gasteiger partial charge in [0.25, 0.3) is 0 Å². The van der Waals surface area contributed by atoms with Crippen molar-refractivity contribution in [1.82, 2.24) is 10.6 Å². The summed E-state index contributed by atoms with van der Waals surface area (Å²) in [5.74, 6) is 0. The molecule has 162 valence electrons. The zero-order valence-electron chi connectivity index (χ0n) is 17.5. The molecule has 2 rings (SSSR count). The summed E-state index contributed by atoms with van der Waals surface area (Å²) >= 11 is 3.34. The van der Waals surface area contributed by atoms with E-state index in [1.807, 2.05) is 61.0 Å². The second-order valence-corrected chi connectivity index (χ2v) is 8.39. The number of hydrogen-bond donors (Lipinski definition) is 4. The Kier molecular flexibility index (Phi) is 11.0. The van der Waals surface area contributed by atoms with Gasteiger partial charge in [-0.05, 0) is 73.9 Å². The van der Waals surface area contributed by atoms with Crippen LogP contribution in [0, 0.1) is 0 Å². The summed E-state index contributed by atoms with van der Waals surface area (Å²) in [5, 5.41) is 11.4. The van der Waals surface area contributed by atoms with Crippen LogP contribution in [0.3, 0.4) is 0 Å². The lowest BCUT2D eigenvalue weighted by Gasteiger charge is -2.09. The van der Waals surface area contributed by atoms with Crippen molar-refractivity contribution in [1.29, 1.82) is 0 Å². The second kappa shape index (κ2) is 13.8. The van der Waals surface area contributed by atoms with Gasteiger partial charge in [-0.2, -0.15) is 0 Å². The van der Waals surface area contributed by atoms with Crippen LogP contribution in [0.1, 0.15) is 25.7 Å². The molecule has 0 atom stereocenters. The van der Waals surface area contributed by atoms with Gasteiger partial charge in [0.1, 0.15) is 0 Å². The lowest BCUT2D eigenvalue weighted by atomic mass is 10.2. The Bertz CT molecular complexity index is 715. The SMILES string of the molecule is CSc1ccc(NC(=O)NCCCCCCNC(=O)Nc2ccc(SC)cc2)cc1. The predicted molar refractivity (Wildman–Crippen MR) is 129 cm³/mol. The first-order valence-corrected chi connectivity index (χ1v) is 12.4. The van der Waals surface area contributed by atoms with Crippen LogP contribution in [0.4, 0.5) is 21.0 Å². The van der Waals surface area contributed by atoms with Gasteiger partial charge in [-0.15, -0.1) is 23.5 Å². The third-order valence-corrected chi connectivity index (χ3v) is 5.86. The molecule has 2 aromatic rings. The summed E-state index contributed by atoms with van der Waals surface area (Å²) in [7, 11) is 0. The molecule has 0 aromatic heterocycles. The molecule has 4 amide bonds. The number of urea groups is 2. The van der Waals surface area contributed by atoms with Crippen molar-refractivity contribution >= 4 is 47.0 Å². The zero-order chi connectivity index (χ0) is 21.6. The van der Waals surface area contributed by atoms with Crippen LogP contribution >= 0.6 is 23.5 Å². The Hall–Kier alpha value is -2.32. The maximum atomic E-state index is 11.9. The number of thioether (sulfide) groups is 2. The molecule has 0 aliphatic carbocycles. The van der Waals surface area contributed by atoms with Crippen molar-refractivity contribution in [2.24, 2.45) is 0 Å². The highest BCUT2D eigenvalue weighted by Crippen LogP contribution is 2.18. The number of nitrogens with one attached hydrogen (secondary N) is 4. The topological polar surface area (TPSA) is 82.3 Å². The van der Waals surface area contributed by atoms with E-state index in [-0.39, 0.29) is 12.1 Å². The third kappa shape index (κ3) is 9.45. The molecule has 6 nitrogen and oxygen atoms in total. The fourth-order valence-electron chi connectivity index (χ4n) is 2.71. The Morgan fingerprint density at radius 2 is 1.00 bits per heavy atom. The average Bonchev–Trinajstić information content (AvgIpc) is 2.76. The van der Waals surface area contributed by atoms with Gasteiger partial charge in [0, 0.05) is 34.3 Å². The first-order chi connectivity index (χ1) is 14.6. The number of hydrogen-bond acceptors (Lipinski definition) is 4. The Morgan fingerprint density at radius 1 is 0.633 bits per heavy atom. The largest absolute Gasteiger partial charge is 0.338 e. The summed E-state index contributed by atoms with van der Waals surface area (Å²) in [5.41, 5.74) is 1.57. The number of anilines is 2. The molecule has 30 heavy (non-hydrogen) atoms. The van der Waals surface area contributed by atoms with E-state index >= 15 is 0 Å². The lowest BCUT2D eigenvalue weighted by molar-refractivity contribution is 0.250. The van der Waals surface area contributed by atoms with Crippen LogP contribution in [0.15, 0.2) is 58.3 Å². The molecular formula is C22H30N4O2S2. The zero-order valence-corrected chi connectivity index (χ0v) is 19.1. The number of amides is 4. The lowest BCUT2D eigenvalue weighted by Crippen LogP contribution is -2.30. The predicted octanol–water partition coefficient (Wildman–Crippen LogP) is 5.63. The van der Waals surface area contributed by atoms with Gasteiger partial charge >= 0.3 is 12.1 Å². The van der Waals surface area contributed by atoms with Crippen LogP contribution < -0.4 is 21.3 Å². The number of unbranched alkanes of at least 4 members (excludes halogenated alkanes) is 3. The van der Waals surface area contributed by atoms with Gasteiger partial charge in [-0.25, -0.2) is 9.59 Å². The molecule has 0 heterocycles. The van der Waals surface area contributed by atoms with Crippen LogP contribution in [-0.2, 0) is 0 Å². The first-order valence-electron chi connectivity index (χ1n) is 9.98. The van der Waals surface area contributed by atoms with Gasteiger partial charge in [0.2, 0.25) is 0 Å². The quantitative estimate of drug-likeness (QED) is 0.266. The van der Waals surface area contributed by atoms with Gasteiger partial charge in [-0.3, -0.25) is 0 Å². The van der Waals surface area contributed by atoms with E-state index in [9.17, 15) is 9.59 Å². The van der Waals surface area contributed by atoms with Crippen molar-refractivity contribution in [3.8, 4) is 0 Å². The summed E-state index contributed by atoms with van der Waals surface area (Å²) < 4.78 is 0. The molecule has 2 aromatic carbocycles. The van der Waals surface area contributed by atoms with E-state index in [0.29, 0.717) is 13.1 Å². The molecule has 0 fully saturated rings. The third-order valence-electron chi connectivity index (χ3n) is 4.37. The van der Waals surface area contributed by atoms with Crippen LogP contribution in [-0.4, -0.2) is 37.7 Å². The summed E-state index contributed by atoms with van der Waals surface area (Å²) in [6.45, 7) is 1.27. The van der Waals surface area contributed by atoms with E-state index in [1.54, 1.807) is 23.5 Å². The fraction of sp³-hybridized carbons (Fsp3) is 0.364. The highest BCUT2D eigenvalue weighted by atomic mass is 32.2. The fourth-order valence-corrected chi connectivity index (χ4v) is 3.52. The van der Waals surface area contributed by atoms with Crippen molar-refractivity contribution in [3.63, 3.8) is 0 Å². The van der Waals surface area contributed by atoms with E-state index in [2.05, 4.69) is 21.3 Å². The van der Waals surface area contributed by atoms with E-state index in [0.717, 1.165) is 46.8 Å². The standard InChI is InChI=1S/C22H30N4O2S2/c1-29-19-11-7-17(8-12-19)25-21(27)23-15-5-3-4-6-16-24-22(28)26-18-9-13-20(30-2)14-10-18/h7-14H,3-6,15-16H2,1-2H3,(H2,23,25,27)(H2,24,26,28). The number of carbonyl (C=O) groups excluding carboxylic acids is 2. The van der Waals surface area contributed by atoms with Crippen molar-refractivity contribution in [2.45, 2.75) is 35.5 Å². The van der Waals surface area contributed by atoms with E-state index in [4.69, 9.17) is 0 Å². The molecule has 0 unspecified atom stereocenters. The molecule has 0 spiro atoms. The number of rotatable bonds is 11. The maximum absolute atomic E-state index is 11.9. The summed E-state index contributed by atoms with van der Waals surface area (Å²) in [4.78, 5) is 26.1. The molecular weight excluding hydrogens is 416 g/mol. The Balaban J connectivity index is 1.47. The van der Waals surface area contributed by atoms with Crippen molar-refractivity contribution in [3.05, 3.63) is 48.5 Å². The number of carbonyl (C=O) groups is 2. The summed E-state index contributed by atoms with van der Waals surface area (Å²) in [6.07, 6.45) is 7.86. The molecule has 0 saturated carbocycles. The second-order valence-electron chi connectivity index (χ2n) is 6.63. The molecule has 0 aliphatic heterocycles. The van der Waals surface area contributed by atoms with Crippen LogP contribution in [0.2, 0.25) is 0 Å². The minimum atomic E-state index is -0.184. The van der Waals surface area contributed by atoms with Crippen LogP contribution in [0.5, 0.6) is 0 Å². The molecule has 0 bridgehead atoms. The molecule has 0 aliphatic rings. The summed E-state index contributed by atoms with van der Waals surface area (Å²) in [6, 6.07) is 15.1. The highest BCUT2D eigenvalue weighted by Gasteiger charge is 2.02. The highest BCUT2D eigenvalue weighted by molar-refractivity contribution is 7.98. The van der Waals surface area contributed by atoms with Gasteiger partial charge < -0.3 is 21.3 Å². The number of benzene rings is 2. The minimum absolute atomic E-state index is 0.184. The minimum Gasteiger partial charge on any atom is -0.338 e. The smallest absolute Gasteiger partial charge is 0.319 e. The average molecular weight is 447 g/mol. The maximum Gasteiger partial charge on any atom is 0.319 e. The van der Waals surface area contributed by atoms with Crippen LogP contribution in [0.25, 0.3) is 0 Å². The molecule has 0 radical (unpaired) electrons. The van der Waals surface area contributed by atoms with Crippen molar-refractivity contribution in [2.75, 3.05) is 36.2 Å². The van der Waals surface area contributed by atoms with Gasteiger partial charge in [0.15, 0.2) is 0 Å². The Morgan fingerprint density at radius 3 is 1.33 bits per heavy atom.